The van der Waals surface area contributed by atoms with Crippen LogP contribution >= 0.6 is 11.8 Å². The number of aromatic nitrogens is 1. The second-order valence-corrected chi connectivity index (χ2v) is 6.18. The van der Waals surface area contributed by atoms with Crippen LogP contribution in [0.15, 0.2) is 23.2 Å². The lowest BCUT2D eigenvalue weighted by Gasteiger charge is -2.45. The summed E-state index contributed by atoms with van der Waals surface area (Å²) >= 11 is 1.60. The lowest BCUT2D eigenvalue weighted by Crippen LogP contribution is -2.65. The van der Waals surface area contributed by atoms with Crippen molar-refractivity contribution in [1.82, 2.24) is 15.2 Å². The van der Waals surface area contributed by atoms with Gasteiger partial charge in [-0.3, -0.25) is 4.79 Å². The van der Waals surface area contributed by atoms with E-state index < -0.39 is 11.7 Å². The van der Waals surface area contributed by atoms with Gasteiger partial charge in [0, 0.05) is 11.1 Å². The highest BCUT2D eigenvalue weighted by Crippen LogP contribution is 2.31. The van der Waals surface area contributed by atoms with Gasteiger partial charge in [0.25, 0.3) is 5.91 Å². The molecule has 2 aliphatic rings. The number of ether oxygens (including phenoxy) is 1. The number of rotatable bonds is 3. The molecule has 1 aromatic rings. The molecule has 3 rings (SSSR count). The number of pyridine rings is 1. The zero-order chi connectivity index (χ0) is 14.2. The van der Waals surface area contributed by atoms with Crippen LogP contribution in [0, 0.1) is 0 Å². The normalized spacial score (nSPS) is 19.4. The molecule has 20 heavy (non-hydrogen) atoms. The third-order valence-corrected chi connectivity index (χ3v) is 4.31. The van der Waals surface area contributed by atoms with E-state index in [0.29, 0.717) is 25.3 Å². The van der Waals surface area contributed by atoms with Crippen molar-refractivity contribution in [1.29, 1.82) is 0 Å². The van der Waals surface area contributed by atoms with Crippen LogP contribution in [0.4, 0.5) is 4.79 Å². The van der Waals surface area contributed by atoms with Crippen molar-refractivity contribution in [2.75, 3.05) is 25.4 Å². The summed E-state index contributed by atoms with van der Waals surface area (Å²) < 4.78 is 5.21. The number of nitrogens with zero attached hydrogens (tertiary/aromatic N) is 2. The van der Waals surface area contributed by atoms with Crippen molar-refractivity contribution < 1.29 is 14.3 Å². The van der Waals surface area contributed by atoms with Gasteiger partial charge in [-0.1, -0.05) is 6.92 Å². The highest BCUT2D eigenvalue weighted by molar-refractivity contribution is 7.99. The quantitative estimate of drug-likeness (QED) is 0.846. The van der Waals surface area contributed by atoms with Crippen molar-refractivity contribution in [2.45, 2.75) is 17.4 Å². The molecule has 1 N–H and O–H groups in total. The van der Waals surface area contributed by atoms with Gasteiger partial charge < -0.3 is 15.0 Å². The van der Waals surface area contributed by atoms with Crippen LogP contribution in [0.5, 0.6) is 0 Å². The first-order valence-corrected chi connectivity index (χ1v) is 7.46. The van der Waals surface area contributed by atoms with Gasteiger partial charge in [0.2, 0.25) is 0 Å². The van der Waals surface area contributed by atoms with Gasteiger partial charge in [0.15, 0.2) is 5.60 Å². The molecule has 2 amide bonds. The number of thioether (sulfide) groups is 1. The Labute approximate surface area is 120 Å². The van der Waals surface area contributed by atoms with Crippen molar-refractivity contribution in [3.63, 3.8) is 0 Å². The van der Waals surface area contributed by atoms with Crippen LogP contribution in [-0.4, -0.2) is 52.9 Å². The summed E-state index contributed by atoms with van der Waals surface area (Å²) in [4.78, 5) is 30.3. The number of alkyl carbamates (subject to hydrolysis) is 1. The Hall–Kier alpha value is -1.76. The second-order valence-electron chi connectivity index (χ2n) is 4.87. The maximum atomic E-state index is 12.4. The van der Waals surface area contributed by atoms with Crippen LogP contribution in [0.1, 0.15) is 17.4 Å². The molecule has 2 aliphatic heterocycles. The second kappa shape index (κ2) is 4.97. The first kappa shape index (κ1) is 13.2. The van der Waals surface area contributed by atoms with Crippen molar-refractivity contribution in [3.8, 4) is 0 Å². The van der Waals surface area contributed by atoms with Crippen LogP contribution in [0.25, 0.3) is 0 Å². The standard InChI is InChI=1S/C13H15N3O3S/c1-2-20-9-4-3-5-14-10(9)11(17)16-7-13(8-16)6-15-12(18)19-13/h3-5H,2,6-8H2,1H3,(H,15,18). The first-order valence-electron chi connectivity index (χ1n) is 6.47. The summed E-state index contributed by atoms with van der Waals surface area (Å²) in [6.45, 7) is 3.36. The van der Waals surface area contributed by atoms with Crippen molar-refractivity contribution in [2.24, 2.45) is 0 Å². The number of likely N-dealkylation sites (tertiary alicyclic amines) is 1. The average molecular weight is 293 g/mol. The van der Waals surface area contributed by atoms with E-state index in [0.717, 1.165) is 10.6 Å². The molecule has 0 radical (unpaired) electrons. The molecule has 106 valence electrons. The molecule has 0 aliphatic carbocycles. The van der Waals surface area contributed by atoms with Crippen molar-refractivity contribution >= 4 is 23.8 Å². The van der Waals surface area contributed by atoms with E-state index in [1.807, 2.05) is 19.1 Å². The van der Waals surface area contributed by atoms with E-state index in [-0.39, 0.29) is 5.91 Å². The van der Waals surface area contributed by atoms with Gasteiger partial charge in [-0.05, 0) is 17.9 Å². The number of amides is 2. The lowest BCUT2D eigenvalue weighted by atomic mass is 9.94. The monoisotopic (exact) mass is 293 g/mol. The minimum absolute atomic E-state index is 0.102. The van der Waals surface area contributed by atoms with Gasteiger partial charge in [0.1, 0.15) is 5.69 Å². The van der Waals surface area contributed by atoms with Crippen LogP contribution in [0.3, 0.4) is 0 Å². The number of hydrogen-bond donors (Lipinski definition) is 1. The molecule has 0 saturated carbocycles. The molecule has 2 saturated heterocycles. The molecule has 7 heteroatoms. The largest absolute Gasteiger partial charge is 0.437 e. The first-order chi connectivity index (χ1) is 9.63. The molecule has 0 bridgehead atoms. The van der Waals surface area contributed by atoms with E-state index in [1.165, 1.54) is 0 Å². The number of carbonyl (C=O) groups is 2. The van der Waals surface area contributed by atoms with Crippen LogP contribution in [-0.2, 0) is 4.74 Å². The summed E-state index contributed by atoms with van der Waals surface area (Å²) in [6, 6.07) is 3.73. The van der Waals surface area contributed by atoms with E-state index in [4.69, 9.17) is 4.74 Å². The average Bonchev–Trinajstić information content (AvgIpc) is 2.80. The van der Waals surface area contributed by atoms with Gasteiger partial charge in [-0.25, -0.2) is 9.78 Å². The summed E-state index contributed by atoms with van der Waals surface area (Å²) in [5.74, 6) is 0.785. The lowest BCUT2D eigenvalue weighted by molar-refractivity contribution is -0.0579. The SMILES string of the molecule is CCSc1cccnc1C(=O)N1CC2(CNC(=O)O2)C1. The fraction of sp³-hybridized carbons (Fsp3) is 0.462. The third kappa shape index (κ3) is 2.22. The molecule has 6 nitrogen and oxygen atoms in total. The molecule has 3 heterocycles. The van der Waals surface area contributed by atoms with Crippen LogP contribution < -0.4 is 5.32 Å². The van der Waals surface area contributed by atoms with E-state index in [1.54, 1.807) is 22.9 Å². The summed E-state index contributed by atoms with van der Waals surface area (Å²) in [6.07, 6.45) is 1.22. The zero-order valence-electron chi connectivity index (χ0n) is 11.1. The van der Waals surface area contributed by atoms with Crippen molar-refractivity contribution in [3.05, 3.63) is 24.0 Å². The smallest absolute Gasteiger partial charge is 0.408 e. The summed E-state index contributed by atoms with van der Waals surface area (Å²) in [5, 5.41) is 2.62. The summed E-state index contributed by atoms with van der Waals surface area (Å²) in [5.41, 5.74) is -0.0500. The highest BCUT2D eigenvalue weighted by atomic mass is 32.2. The zero-order valence-corrected chi connectivity index (χ0v) is 11.9. The highest BCUT2D eigenvalue weighted by Gasteiger charge is 2.52. The Kier molecular flexibility index (Phi) is 3.29. The molecule has 1 aromatic heterocycles. The Morgan fingerprint density at radius 1 is 1.60 bits per heavy atom. The Balaban J connectivity index is 1.71. The van der Waals surface area contributed by atoms with E-state index in [9.17, 15) is 9.59 Å². The van der Waals surface area contributed by atoms with E-state index in [2.05, 4.69) is 10.3 Å². The topological polar surface area (TPSA) is 71.5 Å². The fourth-order valence-electron chi connectivity index (χ4n) is 2.44. The molecular formula is C13H15N3O3S. The molecule has 0 atom stereocenters. The predicted octanol–water partition coefficient (Wildman–Crippen LogP) is 1.13. The van der Waals surface area contributed by atoms with Gasteiger partial charge in [0.05, 0.1) is 19.6 Å². The van der Waals surface area contributed by atoms with Crippen LogP contribution in [0.2, 0.25) is 0 Å². The molecule has 0 aromatic carbocycles. The Morgan fingerprint density at radius 2 is 2.40 bits per heavy atom. The van der Waals surface area contributed by atoms with Gasteiger partial charge >= 0.3 is 6.09 Å². The molecule has 1 spiro atoms. The number of nitrogens with one attached hydrogen (secondary N) is 1. The Morgan fingerprint density at radius 3 is 3.05 bits per heavy atom. The third-order valence-electron chi connectivity index (χ3n) is 3.38. The molecule has 2 fully saturated rings. The minimum atomic E-state index is -0.528. The minimum Gasteiger partial charge on any atom is -0.437 e. The van der Waals surface area contributed by atoms with Gasteiger partial charge in [-0.15, -0.1) is 11.8 Å². The maximum Gasteiger partial charge on any atom is 0.408 e. The number of hydrogen-bond acceptors (Lipinski definition) is 5. The fourth-order valence-corrected chi connectivity index (χ4v) is 3.21. The Bertz CT molecular complexity index is 558. The van der Waals surface area contributed by atoms with E-state index >= 15 is 0 Å². The predicted molar refractivity (Wildman–Crippen MR) is 73.8 cm³/mol. The summed E-state index contributed by atoms with van der Waals surface area (Å²) in [7, 11) is 0. The van der Waals surface area contributed by atoms with Gasteiger partial charge in [-0.2, -0.15) is 0 Å². The molecular weight excluding hydrogens is 278 g/mol. The number of carbonyl (C=O) groups excluding carboxylic acids is 2. The maximum absolute atomic E-state index is 12.4. The molecule has 0 unspecified atom stereocenters.